The molecule has 0 aliphatic heterocycles. The Bertz CT molecular complexity index is 351. The molecule has 0 aromatic heterocycles. The first kappa shape index (κ1) is 9.80. The van der Waals surface area contributed by atoms with Gasteiger partial charge in [0.2, 0.25) is 0 Å². The number of halogens is 1. The maximum Gasteiger partial charge on any atom is 0.276 e. The molecule has 0 N–H and O–H groups in total. The van der Waals surface area contributed by atoms with Crippen LogP contribution in [-0.2, 0) is 0 Å². The number of methoxy groups -OCH3 is 1. The molecule has 0 unspecified atom stereocenters. The molecule has 0 saturated carbocycles. The summed E-state index contributed by atoms with van der Waals surface area (Å²) in [5, 5.41) is 10.9. The molecule has 0 amide bonds. The summed E-state index contributed by atoms with van der Waals surface area (Å²) < 4.78 is 4.93. The molecule has 0 aliphatic rings. The van der Waals surface area contributed by atoms with E-state index in [-0.39, 0.29) is 5.69 Å². The van der Waals surface area contributed by atoms with E-state index >= 15 is 0 Å². The Kier molecular flexibility index (Phi) is 2.72. The van der Waals surface area contributed by atoms with Gasteiger partial charge in [-0.3, -0.25) is 10.1 Å². The van der Waals surface area contributed by atoms with Crippen molar-refractivity contribution in [2.24, 2.45) is 0 Å². The molecule has 0 atom stereocenters. The lowest BCUT2D eigenvalue weighted by Gasteiger charge is -2.06. The summed E-state index contributed by atoms with van der Waals surface area (Å²) >= 11 is 5.76. The van der Waals surface area contributed by atoms with Gasteiger partial charge in [-0.15, -0.1) is 0 Å². The molecule has 4 nitrogen and oxygen atoms in total. The molecule has 0 heterocycles. The van der Waals surface area contributed by atoms with Gasteiger partial charge >= 0.3 is 0 Å². The second-order valence-electron chi connectivity index (χ2n) is 2.48. The lowest BCUT2D eigenvalue weighted by molar-refractivity contribution is -0.385. The summed E-state index contributed by atoms with van der Waals surface area (Å²) in [5.74, 6) is 0.357. The zero-order valence-corrected chi connectivity index (χ0v) is 7.96. The number of nitrogens with zero attached hydrogens (tertiary/aromatic N) is 1. The van der Waals surface area contributed by atoms with Crippen LogP contribution in [0.4, 0.5) is 5.69 Å². The fourth-order valence-electron chi connectivity index (χ4n) is 1.10. The highest BCUT2D eigenvalue weighted by molar-refractivity contribution is 6.32. The van der Waals surface area contributed by atoms with E-state index in [4.69, 9.17) is 16.3 Å². The smallest absolute Gasteiger partial charge is 0.276 e. The van der Waals surface area contributed by atoms with Crippen LogP contribution in [-0.4, -0.2) is 12.0 Å². The summed E-state index contributed by atoms with van der Waals surface area (Å²) in [7, 11) is 1.43. The van der Waals surface area contributed by atoms with E-state index < -0.39 is 4.92 Å². The van der Waals surface area contributed by atoms with Gasteiger partial charge in [0.15, 0.2) is 0 Å². The Morgan fingerprint density at radius 2 is 2.15 bits per heavy atom. The van der Waals surface area contributed by atoms with E-state index in [1.165, 1.54) is 19.2 Å². The number of rotatable bonds is 2. The summed E-state index contributed by atoms with van der Waals surface area (Å²) in [4.78, 5) is 10.0. The molecule has 0 saturated heterocycles. The van der Waals surface area contributed by atoms with Gasteiger partial charge in [0.05, 0.1) is 22.6 Å². The lowest BCUT2D eigenvalue weighted by atomic mass is 10.2. The Morgan fingerprint density at radius 1 is 1.54 bits per heavy atom. The fourth-order valence-corrected chi connectivity index (χ4v) is 1.38. The van der Waals surface area contributed by atoms with E-state index in [2.05, 4.69) is 0 Å². The van der Waals surface area contributed by atoms with Crippen LogP contribution in [0.2, 0.25) is 5.02 Å². The second kappa shape index (κ2) is 3.62. The molecule has 5 heteroatoms. The minimum atomic E-state index is -0.464. The maximum absolute atomic E-state index is 10.5. The molecule has 0 spiro atoms. The van der Waals surface area contributed by atoms with E-state index in [0.29, 0.717) is 16.3 Å². The summed E-state index contributed by atoms with van der Waals surface area (Å²) in [6.45, 7) is 1.60. The quantitative estimate of drug-likeness (QED) is 0.546. The normalized spacial score (nSPS) is 9.77. The van der Waals surface area contributed by atoms with E-state index in [9.17, 15) is 10.1 Å². The van der Waals surface area contributed by atoms with Crippen LogP contribution in [0.5, 0.6) is 5.75 Å². The van der Waals surface area contributed by atoms with Gasteiger partial charge in [-0.1, -0.05) is 11.6 Å². The van der Waals surface area contributed by atoms with Crippen molar-refractivity contribution in [1.29, 1.82) is 0 Å². The van der Waals surface area contributed by atoms with Gasteiger partial charge in [0.25, 0.3) is 5.69 Å². The molecule has 1 aromatic carbocycles. The molecule has 1 aromatic rings. The summed E-state index contributed by atoms with van der Waals surface area (Å²) in [6.07, 6.45) is 0. The van der Waals surface area contributed by atoms with Crippen LogP contribution in [0.25, 0.3) is 0 Å². The molecule has 0 bridgehead atoms. The SMILES string of the molecule is COc1c(Cl)ccc([N+](=O)[O-])c1C. The first-order valence-electron chi connectivity index (χ1n) is 3.55. The largest absolute Gasteiger partial charge is 0.495 e. The number of nitro benzene ring substituents is 1. The van der Waals surface area contributed by atoms with Crippen LogP contribution >= 0.6 is 11.6 Å². The summed E-state index contributed by atoms with van der Waals surface area (Å²) in [6, 6.07) is 2.81. The Labute approximate surface area is 80.2 Å². The molecule has 0 radical (unpaired) electrons. The van der Waals surface area contributed by atoms with Gasteiger partial charge in [-0.05, 0) is 13.0 Å². The number of hydrogen-bond acceptors (Lipinski definition) is 3. The fraction of sp³-hybridized carbons (Fsp3) is 0.250. The average Bonchev–Trinajstić information content (AvgIpc) is 2.04. The van der Waals surface area contributed by atoms with E-state index in [1.54, 1.807) is 6.92 Å². The second-order valence-corrected chi connectivity index (χ2v) is 2.89. The van der Waals surface area contributed by atoms with Crippen molar-refractivity contribution in [2.75, 3.05) is 7.11 Å². The van der Waals surface area contributed by atoms with Crippen LogP contribution in [0, 0.1) is 17.0 Å². The van der Waals surface area contributed by atoms with Crippen molar-refractivity contribution in [3.05, 3.63) is 32.8 Å². The zero-order valence-electron chi connectivity index (χ0n) is 7.20. The highest BCUT2D eigenvalue weighted by Gasteiger charge is 2.16. The molecule has 0 fully saturated rings. The minimum Gasteiger partial charge on any atom is -0.495 e. The highest BCUT2D eigenvalue weighted by atomic mass is 35.5. The predicted molar refractivity (Wildman–Crippen MR) is 49.4 cm³/mol. The topological polar surface area (TPSA) is 52.4 Å². The van der Waals surface area contributed by atoms with Crippen LogP contribution < -0.4 is 4.74 Å². The first-order chi connectivity index (χ1) is 6.07. The molecule has 1 rings (SSSR count). The Balaban J connectivity index is 3.35. The van der Waals surface area contributed by atoms with Crippen molar-refractivity contribution in [3.8, 4) is 5.75 Å². The first-order valence-corrected chi connectivity index (χ1v) is 3.93. The molecule has 13 heavy (non-hydrogen) atoms. The van der Waals surface area contributed by atoms with Crippen LogP contribution in [0.15, 0.2) is 12.1 Å². The third-order valence-electron chi connectivity index (χ3n) is 1.73. The monoisotopic (exact) mass is 201 g/mol. The third-order valence-corrected chi connectivity index (χ3v) is 2.03. The van der Waals surface area contributed by atoms with Crippen molar-refractivity contribution in [1.82, 2.24) is 0 Å². The van der Waals surface area contributed by atoms with Crippen molar-refractivity contribution in [2.45, 2.75) is 6.92 Å². The van der Waals surface area contributed by atoms with Gasteiger partial charge < -0.3 is 4.74 Å². The number of benzene rings is 1. The minimum absolute atomic E-state index is 0.0150. The van der Waals surface area contributed by atoms with Crippen molar-refractivity contribution >= 4 is 17.3 Å². The van der Waals surface area contributed by atoms with Crippen LogP contribution in [0.3, 0.4) is 0 Å². The molecule has 0 aliphatic carbocycles. The Morgan fingerprint density at radius 3 is 2.62 bits per heavy atom. The van der Waals surface area contributed by atoms with Crippen molar-refractivity contribution in [3.63, 3.8) is 0 Å². The van der Waals surface area contributed by atoms with Gasteiger partial charge in [-0.2, -0.15) is 0 Å². The predicted octanol–water partition coefficient (Wildman–Crippen LogP) is 2.57. The highest BCUT2D eigenvalue weighted by Crippen LogP contribution is 2.33. The van der Waals surface area contributed by atoms with Crippen LogP contribution in [0.1, 0.15) is 5.56 Å². The zero-order chi connectivity index (χ0) is 10.0. The van der Waals surface area contributed by atoms with E-state index in [0.717, 1.165) is 0 Å². The molecule has 70 valence electrons. The number of ether oxygens (including phenoxy) is 1. The van der Waals surface area contributed by atoms with Gasteiger partial charge in [0, 0.05) is 6.07 Å². The molecular formula is C8H8ClNO3. The Hall–Kier alpha value is -1.29. The summed E-state index contributed by atoms with van der Waals surface area (Å²) in [5.41, 5.74) is 0.459. The van der Waals surface area contributed by atoms with E-state index in [1.807, 2.05) is 0 Å². The van der Waals surface area contributed by atoms with Gasteiger partial charge in [-0.25, -0.2) is 0 Å². The average molecular weight is 202 g/mol. The third kappa shape index (κ3) is 1.72. The number of nitro groups is 1. The lowest BCUT2D eigenvalue weighted by Crippen LogP contribution is -1.95. The molecular weight excluding hydrogens is 194 g/mol. The van der Waals surface area contributed by atoms with Crippen molar-refractivity contribution < 1.29 is 9.66 Å². The number of hydrogen-bond donors (Lipinski definition) is 0. The standard InChI is InChI=1S/C8H8ClNO3/c1-5-7(10(11)12)4-3-6(9)8(5)13-2/h3-4H,1-2H3. The maximum atomic E-state index is 10.5. The van der Waals surface area contributed by atoms with Gasteiger partial charge in [0.1, 0.15) is 5.75 Å².